The minimum absolute atomic E-state index is 0.696. The minimum Gasteiger partial charge on any atom is -0.494 e. The number of hydrogen-bond donors (Lipinski definition) is 2. The Labute approximate surface area is 192 Å². The number of aromatic amines is 1. The third kappa shape index (κ3) is 6.06. The first-order valence-corrected chi connectivity index (χ1v) is 11.7. The Kier molecular flexibility index (Phi) is 7.57. The molecule has 0 fully saturated rings. The third-order valence-electron chi connectivity index (χ3n) is 5.20. The first-order chi connectivity index (χ1) is 15.2. The van der Waals surface area contributed by atoms with E-state index < -0.39 is 0 Å². The summed E-state index contributed by atoms with van der Waals surface area (Å²) in [5, 5.41) is 2.00. The smallest absolute Gasteiger partial charge is 0.119 e. The monoisotopic (exact) mass is 454 g/mol. The second-order valence-corrected chi connectivity index (χ2v) is 8.85. The molecule has 4 rings (SSSR count). The van der Waals surface area contributed by atoms with Crippen molar-refractivity contribution in [3.63, 3.8) is 0 Å². The highest BCUT2D eigenvalue weighted by Gasteiger charge is 2.04. The SMILES string of the molecule is Cc1nccn1CCCOc1ccc(SNCCCc2c[nH]c3ccc(Cl)cc23)cc1. The highest BCUT2D eigenvalue weighted by Crippen LogP contribution is 2.24. The number of nitrogens with zero attached hydrogens (tertiary/aromatic N) is 2. The van der Waals surface area contributed by atoms with E-state index in [-0.39, 0.29) is 0 Å². The molecule has 0 spiro atoms. The average Bonchev–Trinajstić information content (AvgIpc) is 3.37. The van der Waals surface area contributed by atoms with Gasteiger partial charge in [0.05, 0.1) is 6.61 Å². The van der Waals surface area contributed by atoms with Gasteiger partial charge in [-0.05, 0) is 86.2 Å². The molecule has 5 nitrogen and oxygen atoms in total. The van der Waals surface area contributed by atoms with E-state index in [4.69, 9.17) is 16.3 Å². The standard InChI is InChI=1S/C24H27ClN4OS/c1-18-26-12-14-29(18)13-3-15-30-21-6-8-22(9-7-21)31-28-11-2-4-19-17-27-24-10-5-20(25)16-23(19)24/h5-10,12,14,16-17,27-28H,2-4,11,13,15H2,1H3. The first kappa shape index (κ1) is 21.8. The van der Waals surface area contributed by atoms with Crippen LogP contribution in [0.15, 0.2) is 66.0 Å². The molecule has 0 amide bonds. The van der Waals surface area contributed by atoms with Crippen LogP contribution in [0.2, 0.25) is 5.02 Å². The predicted molar refractivity (Wildman–Crippen MR) is 129 cm³/mol. The van der Waals surface area contributed by atoms with Crippen LogP contribution in [0.1, 0.15) is 24.2 Å². The van der Waals surface area contributed by atoms with Crippen molar-refractivity contribution in [1.29, 1.82) is 0 Å². The van der Waals surface area contributed by atoms with Gasteiger partial charge >= 0.3 is 0 Å². The van der Waals surface area contributed by atoms with Crippen molar-refractivity contribution >= 4 is 34.5 Å². The molecule has 7 heteroatoms. The van der Waals surface area contributed by atoms with Gasteiger partial charge in [-0.2, -0.15) is 0 Å². The van der Waals surface area contributed by atoms with Gasteiger partial charge in [0.1, 0.15) is 11.6 Å². The molecule has 0 radical (unpaired) electrons. The summed E-state index contributed by atoms with van der Waals surface area (Å²) in [5.74, 6) is 1.95. The van der Waals surface area contributed by atoms with E-state index in [2.05, 4.69) is 37.6 Å². The van der Waals surface area contributed by atoms with Gasteiger partial charge in [0.25, 0.3) is 0 Å². The molecule has 0 aliphatic rings. The number of imidazole rings is 1. The zero-order valence-corrected chi connectivity index (χ0v) is 19.2. The lowest BCUT2D eigenvalue weighted by Crippen LogP contribution is -2.06. The zero-order chi connectivity index (χ0) is 21.5. The van der Waals surface area contributed by atoms with E-state index >= 15 is 0 Å². The number of nitrogens with one attached hydrogen (secondary N) is 2. The van der Waals surface area contributed by atoms with E-state index in [1.54, 1.807) is 11.9 Å². The van der Waals surface area contributed by atoms with Gasteiger partial charge in [-0.25, -0.2) is 4.98 Å². The fourth-order valence-electron chi connectivity index (χ4n) is 3.51. The normalized spacial score (nSPS) is 11.3. The molecule has 0 unspecified atom stereocenters. The van der Waals surface area contributed by atoms with Gasteiger partial charge in [0.2, 0.25) is 0 Å². The van der Waals surface area contributed by atoms with E-state index in [1.807, 2.05) is 49.6 Å². The quantitative estimate of drug-likeness (QED) is 0.215. The van der Waals surface area contributed by atoms with Crippen LogP contribution in [0.4, 0.5) is 0 Å². The lowest BCUT2D eigenvalue weighted by Gasteiger charge is -2.09. The molecule has 2 heterocycles. The van der Waals surface area contributed by atoms with E-state index in [0.29, 0.717) is 6.61 Å². The molecule has 0 saturated carbocycles. The molecule has 0 atom stereocenters. The van der Waals surface area contributed by atoms with Crippen molar-refractivity contribution in [2.24, 2.45) is 0 Å². The van der Waals surface area contributed by atoms with Crippen LogP contribution in [0.25, 0.3) is 10.9 Å². The topological polar surface area (TPSA) is 54.9 Å². The fraction of sp³-hybridized carbons (Fsp3) is 0.292. The van der Waals surface area contributed by atoms with Gasteiger partial charge in [-0.1, -0.05) is 11.6 Å². The molecule has 0 aliphatic heterocycles. The Morgan fingerprint density at radius 2 is 2.03 bits per heavy atom. The maximum absolute atomic E-state index is 6.13. The molecule has 31 heavy (non-hydrogen) atoms. The Balaban J connectivity index is 1.13. The summed E-state index contributed by atoms with van der Waals surface area (Å²) >= 11 is 7.79. The van der Waals surface area contributed by atoms with Crippen molar-refractivity contribution in [2.75, 3.05) is 13.2 Å². The van der Waals surface area contributed by atoms with Gasteiger partial charge in [0, 0.05) is 52.5 Å². The highest BCUT2D eigenvalue weighted by atomic mass is 35.5. The second kappa shape index (κ2) is 10.8. The number of fused-ring (bicyclic) bond motifs is 1. The van der Waals surface area contributed by atoms with E-state index in [0.717, 1.165) is 54.5 Å². The largest absolute Gasteiger partial charge is 0.494 e. The van der Waals surface area contributed by atoms with Crippen molar-refractivity contribution in [3.05, 3.63) is 77.5 Å². The molecule has 2 N–H and O–H groups in total. The molecular formula is C24H27ClN4OS. The Morgan fingerprint density at radius 1 is 1.16 bits per heavy atom. The lowest BCUT2D eigenvalue weighted by molar-refractivity contribution is 0.301. The van der Waals surface area contributed by atoms with E-state index in [9.17, 15) is 0 Å². The number of hydrogen-bond acceptors (Lipinski definition) is 4. The maximum Gasteiger partial charge on any atom is 0.119 e. The summed E-state index contributed by atoms with van der Waals surface area (Å²) in [6.45, 7) is 4.57. The maximum atomic E-state index is 6.13. The number of benzene rings is 2. The van der Waals surface area contributed by atoms with Crippen molar-refractivity contribution in [2.45, 2.75) is 37.6 Å². The van der Waals surface area contributed by atoms with E-state index in [1.165, 1.54) is 15.8 Å². The fourth-order valence-corrected chi connectivity index (χ4v) is 4.37. The molecule has 0 bridgehead atoms. The summed E-state index contributed by atoms with van der Waals surface area (Å²) in [4.78, 5) is 8.73. The molecule has 2 aromatic carbocycles. The van der Waals surface area contributed by atoms with Crippen LogP contribution >= 0.6 is 23.5 Å². The number of halogens is 1. The lowest BCUT2D eigenvalue weighted by atomic mass is 10.1. The molecule has 0 saturated heterocycles. The van der Waals surface area contributed by atoms with Crippen LogP contribution in [-0.4, -0.2) is 27.7 Å². The number of ether oxygens (including phenoxy) is 1. The van der Waals surface area contributed by atoms with Crippen LogP contribution in [0.5, 0.6) is 5.75 Å². The summed E-state index contributed by atoms with van der Waals surface area (Å²) in [6.07, 6.45) is 8.95. The van der Waals surface area contributed by atoms with Crippen molar-refractivity contribution in [1.82, 2.24) is 19.3 Å². The van der Waals surface area contributed by atoms with Gasteiger partial charge in [0.15, 0.2) is 0 Å². The number of rotatable bonds is 11. The zero-order valence-electron chi connectivity index (χ0n) is 17.6. The van der Waals surface area contributed by atoms with Crippen LogP contribution < -0.4 is 9.46 Å². The predicted octanol–water partition coefficient (Wildman–Crippen LogP) is 6.02. The summed E-state index contributed by atoms with van der Waals surface area (Å²) in [6, 6.07) is 14.2. The van der Waals surface area contributed by atoms with Gasteiger partial charge in [-0.3, -0.25) is 4.72 Å². The van der Waals surface area contributed by atoms with Gasteiger partial charge in [-0.15, -0.1) is 0 Å². The first-order valence-electron chi connectivity index (χ1n) is 10.5. The molecule has 162 valence electrons. The number of H-pyrrole nitrogens is 1. The average molecular weight is 455 g/mol. The van der Waals surface area contributed by atoms with Crippen LogP contribution in [-0.2, 0) is 13.0 Å². The summed E-state index contributed by atoms with van der Waals surface area (Å²) in [7, 11) is 0. The Hall–Kier alpha value is -2.41. The number of aryl methyl sites for hydroxylation is 3. The van der Waals surface area contributed by atoms with Crippen LogP contribution in [0, 0.1) is 6.92 Å². The Bertz CT molecular complexity index is 1110. The highest BCUT2D eigenvalue weighted by molar-refractivity contribution is 7.97. The molecule has 4 aromatic rings. The molecule has 2 aromatic heterocycles. The second-order valence-electron chi connectivity index (χ2n) is 7.45. The molecular weight excluding hydrogens is 428 g/mol. The Morgan fingerprint density at radius 3 is 2.84 bits per heavy atom. The summed E-state index contributed by atoms with van der Waals surface area (Å²) < 4.78 is 11.4. The van der Waals surface area contributed by atoms with Crippen molar-refractivity contribution < 1.29 is 4.74 Å². The molecule has 0 aliphatic carbocycles. The third-order valence-corrected chi connectivity index (χ3v) is 6.30. The van der Waals surface area contributed by atoms with Crippen LogP contribution in [0.3, 0.4) is 0 Å². The summed E-state index contributed by atoms with van der Waals surface area (Å²) in [5.41, 5.74) is 2.45. The number of aromatic nitrogens is 3. The van der Waals surface area contributed by atoms with Crippen molar-refractivity contribution in [3.8, 4) is 5.75 Å². The van der Waals surface area contributed by atoms with Gasteiger partial charge < -0.3 is 14.3 Å². The minimum atomic E-state index is 0.696.